The molecule has 1 amide bonds. The Morgan fingerprint density at radius 3 is 2.42 bits per heavy atom. The average molecular weight is 253 g/mol. The van der Waals surface area contributed by atoms with Crippen LogP contribution in [0.15, 0.2) is 54.6 Å². The summed E-state index contributed by atoms with van der Waals surface area (Å²) in [5.41, 5.74) is 3.14. The Morgan fingerprint density at radius 1 is 1.05 bits per heavy atom. The van der Waals surface area contributed by atoms with Gasteiger partial charge in [-0.25, -0.2) is 4.79 Å². The quantitative estimate of drug-likeness (QED) is 0.816. The zero-order valence-corrected chi connectivity index (χ0v) is 10.7. The molecule has 1 heterocycles. The molecule has 0 aromatic heterocycles. The standard InChI is InChI=1S/C16H15NO2/c1-12-7-9-14(10-8-12)17-15(11-19-16(17)18)13-5-3-2-4-6-13/h2-10,15H,11H2,1H3/t15-/m1/s1. The first-order valence-electron chi connectivity index (χ1n) is 6.33. The van der Waals surface area contributed by atoms with Gasteiger partial charge in [0.15, 0.2) is 0 Å². The summed E-state index contributed by atoms with van der Waals surface area (Å²) in [6.45, 7) is 2.43. The molecule has 1 atom stereocenters. The van der Waals surface area contributed by atoms with Gasteiger partial charge in [0.2, 0.25) is 0 Å². The van der Waals surface area contributed by atoms with Crippen LogP contribution >= 0.6 is 0 Å². The molecule has 3 heteroatoms. The SMILES string of the molecule is Cc1ccc(N2C(=O)OC[C@@H]2c2ccccc2)cc1. The highest BCUT2D eigenvalue weighted by Crippen LogP contribution is 2.32. The second kappa shape index (κ2) is 4.76. The van der Waals surface area contributed by atoms with Crippen LogP contribution < -0.4 is 4.90 Å². The summed E-state index contributed by atoms with van der Waals surface area (Å²) in [5.74, 6) is 0. The lowest BCUT2D eigenvalue weighted by atomic mass is 10.1. The fourth-order valence-corrected chi connectivity index (χ4v) is 2.33. The molecule has 19 heavy (non-hydrogen) atoms. The number of hydrogen-bond acceptors (Lipinski definition) is 2. The van der Waals surface area contributed by atoms with Crippen molar-refractivity contribution in [2.45, 2.75) is 13.0 Å². The van der Waals surface area contributed by atoms with Gasteiger partial charge in [-0.1, -0.05) is 48.0 Å². The van der Waals surface area contributed by atoms with Gasteiger partial charge in [-0.15, -0.1) is 0 Å². The zero-order valence-electron chi connectivity index (χ0n) is 10.7. The number of nitrogens with zero attached hydrogens (tertiary/aromatic N) is 1. The van der Waals surface area contributed by atoms with Crippen LogP contribution in [-0.2, 0) is 4.74 Å². The number of aryl methyl sites for hydroxylation is 1. The van der Waals surface area contributed by atoms with Crippen LogP contribution in [0, 0.1) is 6.92 Å². The van der Waals surface area contributed by atoms with E-state index in [1.165, 1.54) is 5.56 Å². The first kappa shape index (κ1) is 11.8. The monoisotopic (exact) mass is 253 g/mol. The first-order chi connectivity index (χ1) is 9.25. The molecule has 2 aromatic rings. The molecule has 1 saturated heterocycles. The molecule has 0 N–H and O–H groups in total. The summed E-state index contributed by atoms with van der Waals surface area (Å²) in [6.07, 6.45) is -0.280. The molecular weight excluding hydrogens is 238 g/mol. The zero-order chi connectivity index (χ0) is 13.2. The van der Waals surface area contributed by atoms with Gasteiger partial charge in [0.1, 0.15) is 6.61 Å². The number of carbonyl (C=O) groups is 1. The van der Waals surface area contributed by atoms with Crippen LogP contribution in [0.25, 0.3) is 0 Å². The van der Waals surface area contributed by atoms with Crippen molar-refractivity contribution in [3.63, 3.8) is 0 Å². The summed E-state index contributed by atoms with van der Waals surface area (Å²) < 4.78 is 5.20. The van der Waals surface area contributed by atoms with Gasteiger partial charge < -0.3 is 4.74 Å². The van der Waals surface area contributed by atoms with Crippen LogP contribution in [0.2, 0.25) is 0 Å². The molecule has 1 fully saturated rings. The van der Waals surface area contributed by atoms with Crippen molar-refractivity contribution in [1.29, 1.82) is 0 Å². The van der Waals surface area contributed by atoms with Gasteiger partial charge >= 0.3 is 6.09 Å². The normalized spacial score (nSPS) is 18.5. The predicted octanol–water partition coefficient (Wildman–Crippen LogP) is 3.69. The van der Waals surface area contributed by atoms with Crippen molar-refractivity contribution >= 4 is 11.8 Å². The molecule has 0 radical (unpaired) electrons. The fraction of sp³-hybridized carbons (Fsp3) is 0.188. The second-order valence-electron chi connectivity index (χ2n) is 4.71. The summed E-state index contributed by atoms with van der Waals surface area (Å²) in [5, 5.41) is 0. The molecule has 0 spiro atoms. The van der Waals surface area contributed by atoms with E-state index in [-0.39, 0.29) is 12.1 Å². The molecule has 1 aliphatic rings. The number of rotatable bonds is 2. The van der Waals surface area contributed by atoms with Crippen LogP contribution in [0.5, 0.6) is 0 Å². The highest BCUT2D eigenvalue weighted by Gasteiger charge is 2.35. The van der Waals surface area contributed by atoms with Crippen LogP contribution in [0.1, 0.15) is 17.2 Å². The Bertz CT molecular complexity index is 577. The van der Waals surface area contributed by atoms with Crippen molar-refractivity contribution in [3.05, 3.63) is 65.7 Å². The maximum absolute atomic E-state index is 11.9. The molecule has 96 valence electrons. The molecule has 3 rings (SSSR count). The van der Waals surface area contributed by atoms with Gasteiger partial charge in [0.25, 0.3) is 0 Å². The number of carbonyl (C=O) groups excluding carboxylic acids is 1. The van der Waals surface area contributed by atoms with Crippen molar-refractivity contribution in [3.8, 4) is 0 Å². The minimum Gasteiger partial charge on any atom is -0.447 e. The maximum Gasteiger partial charge on any atom is 0.415 e. The summed E-state index contributed by atoms with van der Waals surface area (Å²) in [7, 11) is 0. The molecule has 3 nitrogen and oxygen atoms in total. The Hall–Kier alpha value is -2.29. The highest BCUT2D eigenvalue weighted by atomic mass is 16.6. The van der Waals surface area contributed by atoms with Crippen LogP contribution in [-0.4, -0.2) is 12.7 Å². The third-order valence-corrected chi connectivity index (χ3v) is 3.37. The molecule has 0 unspecified atom stereocenters. The van der Waals surface area contributed by atoms with Crippen molar-refractivity contribution in [1.82, 2.24) is 0 Å². The summed E-state index contributed by atoms with van der Waals surface area (Å²) in [4.78, 5) is 13.7. The number of cyclic esters (lactones) is 1. The van der Waals surface area contributed by atoms with Crippen molar-refractivity contribution in [2.75, 3.05) is 11.5 Å². The second-order valence-corrected chi connectivity index (χ2v) is 4.71. The van der Waals surface area contributed by atoms with E-state index in [4.69, 9.17) is 4.74 Å². The number of ether oxygens (including phenoxy) is 1. The Kier molecular flexibility index (Phi) is 2.95. The van der Waals surface area contributed by atoms with Gasteiger partial charge in [-0.2, -0.15) is 0 Å². The summed E-state index contributed by atoms with van der Waals surface area (Å²) >= 11 is 0. The Balaban J connectivity index is 1.97. The molecule has 2 aromatic carbocycles. The highest BCUT2D eigenvalue weighted by molar-refractivity contribution is 5.90. The lowest BCUT2D eigenvalue weighted by Crippen LogP contribution is -2.27. The number of benzene rings is 2. The molecule has 0 saturated carbocycles. The number of anilines is 1. The van der Waals surface area contributed by atoms with Crippen molar-refractivity contribution < 1.29 is 9.53 Å². The van der Waals surface area contributed by atoms with E-state index in [2.05, 4.69) is 0 Å². The van der Waals surface area contributed by atoms with Gasteiger partial charge in [-0.3, -0.25) is 4.90 Å². The topological polar surface area (TPSA) is 29.5 Å². The van der Waals surface area contributed by atoms with Crippen molar-refractivity contribution in [2.24, 2.45) is 0 Å². The minimum absolute atomic E-state index is 0.0450. The van der Waals surface area contributed by atoms with E-state index in [0.29, 0.717) is 6.61 Å². The third-order valence-electron chi connectivity index (χ3n) is 3.37. The van der Waals surface area contributed by atoms with E-state index in [1.54, 1.807) is 4.90 Å². The fourth-order valence-electron chi connectivity index (χ4n) is 2.33. The average Bonchev–Trinajstić information content (AvgIpc) is 2.83. The van der Waals surface area contributed by atoms with E-state index in [9.17, 15) is 4.79 Å². The molecule has 1 aliphatic heterocycles. The molecule has 0 bridgehead atoms. The molecule has 0 aliphatic carbocycles. The largest absolute Gasteiger partial charge is 0.447 e. The summed E-state index contributed by atoms with van der Waals surface area (Å²) in [6, 6.07) is 17.8. The lowest BCUT2D eigenvalue weighted by Gasteiger charge is -2.21. The predicted molar refractivity (Wildman–Crippen MR) is 74.2 cm³/mol. The van der Waals surface area contributed by atoms with E-state index < -0.39 is 0 Å². The van der Waals surface area contributed by atoms with Crippen LogP contribution in [0.4, 0.5) is 10.5 Å². The van der Waals surface area contributed by atoms with E-state index in [0.717, 1.165) is 11.3 Å². The smallest absolute Gasteiger partial charge is 0.415 e. The van der Waals surface area contributed by atoms with E-state index in [1.807, 2.05) is 61.5 Å². The Morgan fingerprint density at radius 2 is 1.74 bits per heavy atom. The minimum atomic E-state index is -0.280. The maximum atomic E-state index is 11.9. The lowest BCUT2D eigenvalue weighted by molar-refractivity contribution is 0.179. The molecular formula is C16H15NO2. The number of hydrogen-bond donors (Lipinski definition) is 0. The van der Waals surface area contributed by atoms with Gasteiger partial charge in [-0.05, 0) is 24.6 Å². The third kappa shape index (κ3) is 2.19. The van der Waals surface area contributed by atoms with Crippen LogP contribution in [0.3, 0.4) is 0 Å². The van der Waals surface area contributed by atoms with E-state index >= 15 is 0 Å². The first-order valence-corrected chi connectivity index (χ1v) is 6.33. The van der Waals surface area contributed by atoms with Gasteiger partial charge in [0.05, 0.1) is 6.04 Å². The Labute approximate surface area is 112 Å². The number of amides is 1. The van der Waals surface area contributed by atoms with Gasteiger partial charge in [0, 0.05) is 5.69 Å².